The van der Waals surface area contributed by atoms with Gasteiger partial charge >= 0.3 is 0 Å². The van der Waals surface area contributed by atoms with E-state index in [1.54, 1.807) is 6.26 Å². The minimum Gasteiger partial charge on any atom is -0.469 e. The van der Waals surface area contributed by atoms with Crippen LogP contribution in [0.25, 0.3) is 22.6 Å². The van der Waals surface area contributed by atoms with Gasteiger partial charge in [-0.05, 0) is 35.7 Å². The molecular weight excluding hydrogens is 358 g/mol. The summed E-state index contributed by atoms with van der Waals surface area (Å²) in [5.74, 6) is 1.93. The first-order valence-corrected chi connectivity index (χ1v) is 9.32. The Bertz CT molecular complexity index is 1110. The van der Waals surface area contributed by atoms with E-state index in [0.717, 1.165) is 28.0 Å². The Morgan fingerprint density at radius 1 is 1.00 bits per heavy atom. The topological polar surface area (TPSA) is 75.8 Å². The number of furan rings is 1. The number of nitrogens with zero attached hydrogens (tertiary/aromatic N) is 3. The van der Waals surface area contributed by atoms with Gasteiger partial charge in [0.2, 0.25) is 0 Å². The molecule has 0 saturated carbocycles. The number of nitriles is 1. The van der Waals surface area contributed by atoms with Crippen molar-refractivity contribution in [3.63, 3.8) is 0 Å². The minimum absolute atomic E-state index is 0.465. The maximum absolute atomic E-state index is 9.25. The van der Waals surface area contributed by atoms with Crippen molar-refractivity contribution in [2.45, 2.75) is 17.9 Å². The van der Waals surface area contributed by atoms with E-state index in [1.165, 1.54) is 11.8 Å². The van der Waals surface area contributed by atoms with Crippen LogP contribution in [0.2, 0.25) is 0 Å². The van der Waals surface area contributed by atoms with E-state index in [2.05, 4.69) is 16.3 Å². The van der Waals surface area contributed by atoms with Crippen LogP contribution in [0.15, 0.2) is 74.9 Å². The van der Waals surface area contributed by atoms with E-state index >= 15 is 0 Å². The lowest BCUT2D eigenvalue weighted by Crippen LogP contribution is -1.85. The molecule has 0 spiro atoms. The van der Waals surface area contributed by atoms with Gasteiger partial charge in [-0.2, -0.15) is 5.26 Å². The van der Waals surface area contributed by atoms with E-state index in [4.69, 9.17) is 8.83 Å². The summed E-state index contributed by atoms with van der Waals surface area (Å²) in [5.41, 5.74) is 4.59. The van der Waals surface area contributed by atoms with Gasteiger partial charge in [-0.3, -0.25) is 0 Å². The van der Waals surface area contributed by atoms with Crippen molar-refractivity contribution in [3.8, 4) is 28.7 Å². The first-order valence-electron chi connectivity index (χ1n) is 8.34. The SMILES string of the molecule is Cc1occc1-c1nnc(SCc2ccc(-c3ccccc3C#N)cc2)o1. The van der Waals surface area contributed by atoms with Gasteiger partial charge in [0.25, 0.3) is 11.1 Å². The van der Waals surface area contributed by atoms with Crippen LogP contribution in [-0.2, 0) is 5.75 Å². The molecule has 0 aliphatic heterocycles. The third-order valence-electron chi connectivity index (χ3n) is 4.17. The van der Waals surface area contributed by atoms with Crippen molar-refractivity contribution in [1.29, 1.82) is 5.26 Å². The summed E-state index contributed by atoms with van der Waals surface area (Å²) in [7, 11) is 0. The first kappa shape index (κ1) is 17.1. The maximum Gasteiger partial charge on any atom is 0.277 e. The molecule has 0 bridgehead atoms. The third-order valence-corrected chi connectivity index (χ3v) is 5.06. The zero-order valence-corrected chi connectivity index (χ0v) is 15.4. The zero-order valence-electron chi connectivity index (χ0n) is 14.5. The molecule has 2 aromatic heterocycles. The average molecular weight is 373 g/mol. The lowest BCUT2D eigenvalue weighted by atomic mass is 10.00. The van der Waals surface area contributed by atoms with Gasteiger partial charge in [-0.25, -0.2) is 0 Å². The van der Waals surface area contributed by atoms with Gasteiger partial charge < -0.3 is 8.83 Å². The second-order valence-electron chi connectivity index (χ2n) is 5.91. The molecule has 0 unspecified atom stereocenters. The van der Waals surface area contributed by atoms with Gasteiger partial charge in [0.15, 0.2) is 0 Å². The van der Waals surface area contributed by atoms with Crippen LogP contribution in [0.5, 0.6) is 0 Å². The second kappa shape index (κ2) is 7.52. The number of thioether (sulfide) groups is 1. The fourth-order valence-corrected chi connectivity index (χ4v) is 3.46. The molecule has 4 aromatic rings. The predicted molar refractivity (Wildman–Crippen MR) is 103 cm³/mol. The Morgan fingerprint density at radius 2 is 1.81 bits per heavy atom. The Morgan fingerprint density at radius 3 is 2.56 bits per heavy atom. The zero-order chi connectivity index (χ0) is 18.6. The first-order chi connectivity index (χ1) is 13.2. The fraction of sp³-hybridized carbons (Fsp3) is 0.0952. The molecule has 0 saturated heterocycles. The number of aromatic nitrogens is 2. The van der Waals surface area contributed by atoms with Gasteiger partial charge in [0.05, 0.1) is 23.5 Å². The van der Waals surface area contributed by atoms with Crippen molar-refractivity contribution in [2.24, 2.45) is 0 Å². The van der Waals surface area contributed by atoms with E-state index in [9.17, 15) is 5.26 Å². The summed E-state index contributed by atoms with van der Waals surface area (Å²) < 4.78 is 11.0. The highest BCUT2D eigenvalue weighted by molar-refractivity contribution is 7.98. The van der Waals surface area contributed by atoms with E-state index < -0.39 is 0 Å². The highest BCUT2D eigenvalue weighted by atomic mass is 32.2. The molecule has 0 aliphatic rings. The quantitative estimate of drug-likeness (QED) is 0.432. The largest absolute Gasteiger partial charge is 0.469 e. The molecule has 0 radical (unpaired) electrons. The van der Waals surface area contributed by atoms with Crippen LogP contribution in [0, 0.1) is 18.3 Å². The molecular formula is C21H15N3O2S. The van der Waals surface area contributed by atoms with Gasteiger partial charge in [0.1, 0.15) is 5.76 Å². The number of rotatable bonds is 5. The summed E-state index contributed by atoms with van der Waals surface area (Å²) in [6.45, 7) is 1.86. The molecule has 0 N–H and O–H groups in total. The van der Waals surface area contributed by atoms with Crippen LogP contribution in [0.1, 0.15) is 16.9 Å². The van der Waals surface area contributed by atoms with Crippen molar-refractivity contribution in [2.75, 3.05) is 0 Å². The summed E-state index contributed by atoms with van der Waals surface area (Å²) >= 11 is 1.48. The second-order valence-corrected chi connectivity index (χ2v) is 6.83. The smallest absolute Gasteiger partial charge is 0.277 e. The number of benzene rings is 2. The van der Waals surface area contributed by atoms with Gasteiger partial charge in [0, 0.05) is 5.75 Å². The van der Waals surface area contributed by atoms with Gasteiger partial charge in [-0.15, -0.1) is 10.2 Å². The number of hydrogen-bond acceptors (Lipinski definition) is 6. The predicted octanol–water partition coefficient (Wildman–Crippen LogP) is 5.47. The minimum atomic E-state index is 0.465. The molecule has 0 aliphatic carbocycles. The van der Waals surface area contributed by atoms with Crippen molar-refractivity contribution >= 4 is 11.8 Å². The van der Waals surface area contributed by atoms with E-state index in [0.29, 0.717) is 22.4 Å². The maximum atomic E-state index is 9.25. The standard InChI is InChI=1S/C21H15N3O2S/c1-14-18(10-11-25-14)20-23-24-21(26-20)27-13-15-6-8-16(9-7-15)19-5-3-2-4-17(19)12-22/h2-11H,13H2,1H3. The van der Waals surface area contributed by atoms with Crippen LogP contribution in [0.3, 0.4) is 0 Å². The van der Waals surface area contributed by atoms with E-state index in [-0.39, 0.29) is 0 Å². The average Bonchev–Trinajstić information content (AvgIpc) is 3.35. The number of aryl methyl sites for hydroxylation is 1. The molecule has 6 heteroatoms. The Hall–Kier alpha value is -3.30. The molecule has 0 fully saturated rings. The monoisotopic (exact) mass is 373 g/mol. The molecule has 0 amide bonds. The molecule has 132 valence electrons. The fourth-order valence-electron chi connectivity index (χ4n) is 2.74. The molecule has 2 aromatic carbocycles. The lowest BCUT2D eigenvalue weighted by molar-refractivity contribution is 0.463. The molecule has 2 heterocycles. The Kier molecular flexibility index (Phi) is 4.77. The lowest BCUT2D eigenvalue weighted by Gasteiger charge is -2.05. The van der Waals surface area contributed by atoms with Crippen LogP contribution in [0.4, 0.5) is 0 Å². The molecule has 0 atom stereocenters. The highest BCUT2D eigenvalue weighted by Gasteiger charge is 2.13. The van der Waals surface area contributed by atoms with Crippen LogP contribution < -0.4 is 0 Å². The summed E-state index contributed by atoms with van der Waals surface area (Å²) in [6.07, 6.45) is 1.60. The summed E-state index contributed by atoms with van der Waals surface area (Å²) in [5, 5.41) is 17.9. The van der Waals surface area contributed by atoms with Crippen molar-refractivity contribution in [3.05, 3.63) is 77.7 Å². The van der Waals surface area contributed by atoms with Crippen LogP contribution >= 0.6 is 11.8 Å². The Balaban J connectivity index is 1.45. The van der Waals surface area contributed by atoms with Gasteiger partial charge in [-0.1, -0.05) is 54.2 Å². The highest BCUT2D eigenvalue weighted by Crippen LogP contribution is 2.29. The van der Waals surface area contributed by atoms with Crippen LogP contribution in [-0.4, -0.2) is 10.2 Å². The third kappa shape index (κ3) is 3.64. The van der Waals surface area contributed by atoms with Crippen molar-refractivity contribution in [1.82, 2.24) is 10.2 Å². The summed E-state index contributed by atoms with van der Waals surface area (Å²) in [4.78, 5) is 0. The number of hydrogen-bond donors (Lipinski definition) is 0. The Labute approximate surface area is 160 Å². The normalized spacial score (nSPS) is 10.7. The molecule has 5 nitrogen and oxygen atoms in total. The van der Waals surface area contributed by atoms with E-state index in [1.807, 2.05) is 61.5 Å². The molecule has 27 heavy (non-hydrogen) atoms. The van der Waals surface area contributed by atoms with Crippen molar-refractivity contribution < 1.29 is 8.83 Å². The summed E-state index contributed by atoms with van der Waals surface area (Å²) in [6, 6.07) is 19.8. The molecule has 4 rings (SSSR count).